The second-order valence-electron chi connectivity index (χ2n) is 8.89. The van der Waals surface area contributed by atoms with Gasteiger partial charge in [-0.05, 0) is 35.2 Å². The topological polar surface area (TPSA) is 68.8 Å². The minimum Gasteiger partial charge on any atom is -0.356 e. The molecule has 0 bridgehead atoms. The van der Waals surface area contributed by atoms with Crippen molar-refractivity contribution in [1.29, 1.82) is 0 Å². The van der Waals surface area contributed by atoms with Gasteiger partial charge in [0.2, 0.25) is 5.91 Å². The monoisotopic (exact) mass is 448 g/mol. The molecule has 1 N–H and O–H groups in total. The fourth-order valence-electron chi connectivity index (χ4n) is 5.19. The van der Waals surface area contributed by atoms with E-state index in [1.165, 1.54) is 5.01 Å². The zero-order chi connectivity index (χ0) is 23.2. The van der Waals surface area contributed by atoms with Crippen molar-refractivity contribution >= 4 is 28.9 Å². The molecule has 1 unspecified atom stereocenters. The molecule has 1 fully saturated rings. The molecular formula is C28H24N4O2. The summed E-state index contributed by atoms with van der Waals surface area (Å²) in [6, 6.07) is 24.9. The van der Waals surface area contributed by atoms with Gasteiger partial charge in [-0.25, -0.2) is 5.01 Å². The lowest BCUT2D eigenvalue weighted by atomic mass is 9.86. The van der Waals surface area contributed by atoms with E-state index < -0.39 is 6.04 Å². The number of aromatic amines is 1. The van der Waals surface area contributed by atoms with Crippen molar-refractivity contribution in [2.45, 2.75) is 25.4 Å². The molecule has 0 saturated carbocycles. The second-order valence-corrected chi connectivity index (χ2v) is 8.89. The summed E-state index contributed by atoms with van der Waals surface area (Å²) < 4.78 is 0. The number of para-hydroxylation sites is 1. The molecule has 6 rings (SSSR count). The number of amides is 2. The predicted molar refractivity (Wildman–Crippen MR) is 131 cm³/mol. The van der Waals surface area contributed by atoms with E-state index in [9.17, 15) is 9.59 Å². The summed E-state index contributed by atoms with van der Waals surface area (Å²) in [6.45, 7) is 1.92. The number of hydrogen-bond acceptors (Lipinski definition) is 3. The summed E-state index contributed by atoms with van der Waals surface area (Å²) in [5.41, 5.74) is 6.07. The zero-order valence-corrected chi connectivity index (χ0v) is 18.8. The third-order valence-electron chi connectivity index (χ3n) is 6.88. The fourth-order valence-corrected chi connectivity index (χ4v) is 5.19. The molecular weight excluding hydrogens is 424 g/mol. The quantitative estimate of drug-likeness (QED) is 0.478. The number of fused-ring (bicyclic) bond motifs is 4. The van der Waals surface area contributed by atoms with Gasteiger partial charge in [-0.2, -0.15) is 5.10 Å². The van der Waals surface area contributed by atoms with Crippen LogP contribution in [0.15, 0.2) is 84.0 Å². The number of carbonyl (C=O) groups excluding carboxylic acids is 2. The van der Waals surface area contributed by atoms with Crippen LogP contribution in [0.1, 0.15) is 34.0 Å². The summed E-state index contributed by atoms with van der Waals surface area (Å²) >= 11 is 0. The van der Waals surface area contributed by atoms with Crippen LogP contribution in [0.3, 0.4) is 0 Å². The van der Waals surface area contributed by atoms with Crippen LogP contribution in [0.2, 0.25) is 0 Å². The van der Waals surface area contributed by atoms with Gasteiger partial charge < -0.3 is 9.88 Å². The highest BCUT2D eigenvalue weighted by atomic mass is 16.2. The number of hydrazone groups is 1. The molecule has 168 valence electrons. The van der Waals surface area contributed by atoms with Crippen LogP contribution in [0.4, 0.5) is 0 Å². The van der Waals surface area contributed by atoms with Crippen molar-refractivity contribution in [2.24, 2.45) is 5.10 Å². The van der Waals surface area contributed by atoms with E-state index in [1.807, 2.05) is 79.7 Å². The van der Waals surface area contributed by atoms with E-state index >= 15 is 0 Å². The summed E-state index contributed by atoms with van der Waals surface area (Å²) in [6.07, 6.45) is 2.13. The molecule has 3 aromatic carbocycles. The average molecular weight is 449 g/mol. The molecule has 2 aliphatic rings. The molecule has 1 saturated heterocycles. The smallest absolute Gasteiger partial charge is 0.266 e. The summed E-state index contributed by atoms with van der Waals surface area (Å²) in [4.78, 5) is 32.5. The Morgan fingerprint density at radius 1 is 0.941 bits per heavy atom. The van der Waals surface area contributed by atoms with E-state index in [1.54, 1.807) is 11.1 Å². The van der Waals surface area contributed by atoms with Crippen LogP contribution < -0.4 is 0 Å². The first-order valence-corrected chi connectivity index (χ1v) is 11.5. The molecule has 2 atom stereocenters. The number of hydrogen-bond donors (Lipinski definition) is 1. The van der Waals surface area contributed by atoms with Crippen molar-refractivity contribution in [3.05, 3.63) is 107 Å². The molecule has 34 heavy (non-hydrogen) atoms. The third kappa shape index (κ3) is 3.22. The highest BCUT2D eigenvalue weighted by Crippen LogP contribution is 2.42. The Labute approximate surface area is 197 Å². The van der Waals surface area contributed by atoms with Gasteiger partial charge in [0.1, 0.15) is 12.6 Å². The van der Waals surface area contributed by atoms with E-state index in [0.29, 0.717) is 6.42 Å². The number of piperazine rings is 1. The van der Waals surface area contributed by atoms with Crippen molar-refractivity contribution in [3.63, 3.8) is 0 Å². The molecule has 6 nitrogen and oxygen atoms in total. The minimum absolute atomic E-state index is 0.0728. The van der Waals surface area contributed by atoms with Gasteiger partial charge in [0.05, 0.1) is 12.3 Å². The first kappa shape index (κ1) is 20.4. The number of H-pyrrole nitrogens is 1. The lowest BCUT2D eigenvalue weighted by molar-refractivity contribution is -0.158. The molecule has 0 radical (unpaired) electrons. The molecule has 2 amide bonds. The Balaban J connectivity index is 1.44. The van der Waals surface area contributed by atoms with Gasteiger partial charge in [-0.15, -0.1) is 0 Å². The maximum atomic E-state index is 13.7. The van der Waals surface area contributed by atoms with Crippen LogP contribution in [-0.4, -0.2) is 45.5 Å². The van der Waals surface area contributed by atoms with Crippen molar-refractivity contribution in [3.8, 4) is 0 Å². The van der Waals surface area contributed by atoms with Crippen molar-refractivity contribution < 1.29 is 9.59 Å². The van der Waals surface area contributed by atoms with E-state index in [0.717, 1.165) is 38.9 Å². The Bertz CT molecular complexity index is 1440. The first-order chi connectivity index (χ1) is 16.6. The number of benzene rings is 3. The Morgan fingerprint density at radius 3 is 2.50 bits per heavy atom. The van der Waals surface area contributed by atoms with E-state index in [-0.39, 0.29) is 24.4 Å². The molecule has 3 heterocycles. The van der Waals surface area contributed by atoms with Gasteiger partial charge in [0, 0.05) is 23.0 Å². The zero-order valence-electron chi connectivity index (χ0n) is 18.8. The first-order valence-electron chi connectivity index (χ1n) is 11.5. The molecule has 0 spiro atoms. The average Bonchev–Trinajstić information content (AvgIpc) is 3.24. The van der Waals surface area contributed by atoms with Gasteiger partial charge >= 0.3 is 0 Å². The van der Waals surface area contributed by atoms with E-state index in [4.69, 9.17) is 0 Å². The number of aryl methyl sites for hydroxylation is 1. The maximum absolute atomic E-state index is 13.7. The second kappa shape index (κ2) is 7.99. The molecule has 6 heteroatoms. The van der Waals surface area contributed by atoms with Crippen molar-refractivity contribution in [1.82, 2.24) is 14.9 Å². The van der Waals surface area contributed by atoms with Crippen LogP contribution in [0.5, 0.6) is 0 Å². The van der Waals surface area contributed by atoms with Gasteiger partial charge in [-0.1, -0.05) is 72.8 Å². The van der Waals surface area contributed by atoms with E-state index in [2.05, 4.69) is 16.2 Å². The van der Waals surface area contributed by atoms with Crippen LogP contribution in [-0.2, 0) is 16.0 Å². The molecule has 4 aromatic rings. The molecule has 1 aromatic heterocycles. The Kier molecular flexibility index (Phi) is 4.80. The molecule has 0 aliphatic carbocycles. The fraction of sp³-hybridized carbons (Fsp3) is 0.179. The predicted octanol–water partition coefficient (Wildman–Crippen LogP) is 4.20. The summed E-state index contributed by atoms with van der Waals surface area (Å²) in [7, 11) is 0. The Morgan fingerprint density at radius 2 is 1.68 bits per heavy atom. The SMILES string of the molecule is Cc1ccccc1/C=N/N1CC(=O)N2C(c3ccccc3)c3[nH]c4ccccc4c3C[C@H]2C1=O. The van der Waals surface area contributed by atoms with Crippen LogP contribution in [0, 0.1) is 6.92 Å². The number of rotatable bonds is 3. The number of carbonyl (C=O) groups is 2. The number of nitrogens with zero attached hydrogens (tertiary/aromatic N) is 3. The minimum atomic E-state index is -0.604. The van der Waals surface area contributed by atoms with Crippen LogP contribution >= 0.6 is 0 Å². The largest absolute Gasteiger partial charge is 0.356 e. The van der Waals surface area contributed by atoms with Gasteiger partial charge in [0.25, 0.3) is 5.91 Å². The Hall–Kier alpha value is -4.19. The standard InChI is InChI=1S/C28H24N4O2/c1-18-9-5-6-12-20(18)16-29-31-17-25(33)32-24(28(31)34)15-22-21-13-7-8-14-23(21)30-26(22)27(32)19-10-3-2-4-11-19/h2-14,16,24,27,30H,15,17H2,1H3/b29-16+/t24-,27?/m0/s1. The highest BCUT2D eigenvalue weighted by Gasteiger charge is 2.48. The third-order valence-corrected chi connectivity index (χ3v) is 6.88. The van der Waals surface area contributed by atoms with Gasteiger partial charge in [0.15, 0.2) is 0 Å². The highest BCUT2D eigenvalue weighted by molar-refractivity contribution is 5.98. The normalized spacial score (nSPS) is 20.1. The lowest BCUT2D eigenvalue weighted by Crippen LogP contribution is -2.61. The lowest BCUT2D eigenvalue weighted by Gasteiger charge is -2.45. The van der Waals surface area contributed by atoms with Crippen LogP contribution in [0.25, 0.3) is 10.9 Å². The van der Waals surface area contributed by atoms with Crippen molar-refractivity contribution in [2.75, 3.05) is 6.54 Å². The number of aromatic nitrogens is 1. The van der Waals surface area contributed by atoms with Gasteiger partial charge in [-0.3, -0.25) is 9.59 Å². The summed E-state index contributed by atoms with van der Waals surface area (Å²) in [5, 5.41) is 6.87. The summed E-state index contributed by atoms with van der Waals surface area (Å²) in [5.74, 6) is -0.258. The number of nitrogens with one attached hydrogen (secondary N) is 1. The maximum Gasteiger partial charge on any atom is 0.266 e. The molecule has 2 aliphatic heterocycles.